The Morgan fingerprint density at radius 2 is 2.00 bits per heavy atom. The van der Waals surface area contributed by atoms with Crippen molar-refractivity contribution >= 4 is 40.0 Å². The minimum Gasteiger partial charge on any atom is -0.382 e. The van der Waals surface area contributed by atoms with Crippen molar-refractivity contribution in [3.8, 4) is 0 Å². The highest BCUT2D eigenvalue weighted by atomic mass is 127. The first kappa shape index (κ1) is 21.2. The fourth-order valence-corrected chi connectivity index (χ4v) is 1.54. The molecular weight excluding hydrogens is 383 g/mol. The third kappa shape index (κ3) is 15.8. The summed E-state index contributed by atoms with van der Waals surface area (Å²) in [5.41, 5.74) is 0. The number of hydrogen-bond acceptors (Lipinski definition) is 4. The van der Waals surface area contributed by atoms with Crippen molar-refractivity contribution < 1.29 is 13.2 Å². The van der Waals surface area contributed by atoms with E-state index in [0.29, 0.717) is 32.3 Å². The Balaban J connectivity index is 0. The summed E-state index contributed by atoms with van der Waals surface area (Å²) in [6, 6.07) is 0. The zero-order valence-electron chi connectivity index (χ0n) is 11.5. The van der Waals surface area contributed by atoms with Crippen LogP contribution in [0.5, 0.6) is 0 Å². The number of sulfonamides is 1. The molecule has 19 heavy (non-hydrogen) atoms. The quantitative estimate of drug-likeness (QED) is 0.213. The van der Waals surface area contributed by atoms with Crippen LogP contribution in [-0.2, 0) is 14.8 Å². The van der Waals surface area contributed by atoms with Crippen LogP contribution in [0.15, 0.2) is 4.99 Å². The molecule has 0 unspecified atom stereocenters. The third-order valence-electron chi connectivity index (χ3n) is 1.94. The maximum Gasteiger partial charge on any atom is 0.210 e. The van der Waals surface area contributed by atoms with E-state index >= 15 is 0 Å². The lowest BCUT2D eigenvalue weighted by molar-refractivity contribution is 0.146. The first-order valence-electron chi connectivity index (χ1n) is 6.10. The zero-order chi connectivity index (χ0) is 13.9. The monoisotopic (exact) mass is 408 g/mol. The number of hydrogen-bond donors (Lipinski definition) is 3. The van der Waals surface area contributed by atoms with Crippen LogP contribution in [0, 0.1) is 0 Å². The molecule has 0 saturated carbocycles. The van der Waals surface area contributed by atoms with Gasteiger partial charge < -0.3 is 15.4 Å². The van der Waals surface area contributed by atoms with Crippen LogP contribution in [0.25, 0.3) is 0 Å². The van der Waals surface area contributed by atoms with Crippen LogP contribution in [0.4, 0.5) is 0 Å². The molecule has 0 aromatic carbocycles. The standard InChI is InChI=1S/C10H24N4O3S.HI/c1-3-12-10(13-6-5-8-17-4-2)14-7-9-18(11,15)16;/h3-9H2,1-2H3,(H2,11,15,16)(H2,12,13,14);1H. The minimum absolute atomic E-state index is 0. The number of ether oxygens (including phenoxy) is 1. The summed E-state index contributed by atoms with van der Waals surface area (Å²) < 4.78 is 26.7. The molecule has 0 radical (unpaired) electrons. The van der Waals surface area contributed by atoms with Gasteiger partial charge in [-0.05, 0) is 20.3 Å². The molecule has 0 amide bonds. The lowest BCUT2D eigenvalue weighted by Crippen LogP contribution is -2.40. The molecule has 9 heteroatoms. The zero-order valence-corrected chi connectivity index (χ0v) is 14.7. The van der Waals surface area contributed by atoms with Crippen molar-refractivity contribution in [2.45, 2.75) is 20.3 Å². The largest absolute Gasteiger partial charge is 0.382 e. The van der Waals surface area contributed by atoms with Gasteiger partial charge in [0.1, 0.15) is 0 Å². The molecular formula is C10H25IN4O3S. The molecule has 0 aromatic rings. The summed E-state index contributed by atoms with van der Waals surface area (Å²) in [5.74, 6) is 0.480. The Hall–Kier alpha value is -0.130. The molecule has 0 atom stereocenters. The molecule has 0 heterocycles. The fraction of sp³-hybridized carbons (Fsp3) is 0.900. The SMILES string of the molecule is CCNC(=NCCCOCC)NCCS(N)(=O)=O.I. The number of rotatable bonds is 9. The van der Waals surface area contributed by atoms with Gasteiger partial charge in [-0.2, -0.15) is 0 Å². The number of primary sulfonamides is 1. The first-order valence-corrected chi connectivity index (χ1v) is 7.81. The van der Waals surface area contributed by atoms with Gasteiger partial charge in [0, 0.05) is 32.8 Å². The van der Waals surface area contributed by atoms with E-state index in [2.05, 4.69) is 15.6 Å². The Labute approximate surface area is 132 Å². The number of nitrogens with one attached hydrogen (secondary N) is 2. The third-order valence-corrected chi connectivity index (χ3v) is 2.72. The van der Waals surface area contributed by atoms with Crippen LogP contribution < -0.4 is 15.8 Å². The highest BCUT2D eigenvalue weighted by Crippen LogP contribution is 1.84. The second-order valence-corrected chi connectivity index (χ2v) is 5.34. The maximum absolute atomic E-state index is 10.8. The predicted octanol–water partition coefficient (Wildman–Crippen LogP) is -0.125. The normalized spacial score (nSPS) is 11.8. The van der Waals surface area contributed by atoms with Gasteiger partial charge in [-0.15, -0.1) is 24.0 Å². The van der Waals surface area contributed by atoms with Crippen molar-refractivity contribution in [1.29, 1.82) is 0 Å². The first-order chi connectivity index (χ1) is 8.49. The summed E-state index contributed by atoms with van der Waals surface area (Å²) in [7, 11) is -3.43. The fourth-order valence-electron chi connectivity index (χ4n) is 1.16. The van der Waals surface area contributed by atoms with Crippen molar-refractivity contribution in [3.05, 3.63) is 0 Å². The van der Waals surface area contributed by atoms with E-state index in [1.165, 1.54) is 0 Å². The Morgan fingerprint density at radius 3 is 2.53 bits per heavy atom. The Bertz CT molecular complexity index is 336. The number of aliphatic imine (C=N–C) groups is 1. The summed E-state index contributed by atoms with van der Waals surface area (Å²) in [6.07, 6.45) is 0.833. The molecule has 0 rings (SSSR count). The lowest BCUT2D eigenvalue weighted by atomic mass is 10.4. The molecule has 0 bridgehead atoms. The van der Waals surface area contributed by atoms with E-state index in [9.17, 15) is 8.42 Å². The number of nitrogens with two attached hydrogens (primary N) is 1. The molecule has 116 valence electrons. The second kappa shape index (κ2) is 12.9. The lowest BCUT2D eigenvalue weighted by Gasteiger charge is -2.10. The summed E-state index contributed by atoms with van der Waals surface area (Å²) in [4.78, 5) is 4.28. The van der Waals surface area contributed by atoms with E-state index in [1.807, 2.05) is 13.8 Å². The van der Waals surface area contributed by atoms with Gasteiger partial charge in [0.05, 0.1) is 5.75 Å². The number of halogens is 1. The summed E-state index contributed by atoms with van der Waals surface area (Å²) in [5, 5.41) is 10.8. The van der Waals surface area contributed by atoms with Crippen molar-refractivity contribution in [2.75, 3.05) is 38.6 Å². The predicted molar refractivity (Wildman–Crippen MR) is 88.5 cm³/mol. The Morgan fingerprint density at radius 1 is 1.32 bits per heavy atom. The van der Waals surface area contributed by atoms with Crippen molar-refractivity contribution in [3.63, 3.8) is 0 Å². The van der Waals surface area contributed by atoms with Crippen LogP contribution in [0.2, 0.25) is 0 Å². The number of guanidine groups is 1. The summed E-state index contributed by atoms with van der Waals surface area (Å²) in [6.45, 7) is 6.86. The molecule has 0 spiro atoms. The van der Waals surface area contributed by atoms with Gasteiger partial charge in [-0.3, -0.25) is 4.99 Å². The molecule has 0 fully saturated rings. The summed E-state index contributed by atoms with van der Waals surface area (Å²) >= 11 is 0. The topological polar surface area (TPSA) is 106 Å². The highest BCUT2D eigenvalue weighted by Gasteiger charge is 2.03. The number of nitrogens with zero attached hydrogens (tertiary/aromatic N) is 1. The molecule has 0 aliphatic rings. The molecule has 0 aromatic heterocycles. The van der Waals surface area contributed by atoms with Gasteiger partial charge in [-0.1, -0.05) is 0 Å². The molecule has 4 N–H and O–H groups in total. The van der Waals surface area contributed by atoms with Gasteiger partial charge in [0.2, 0.25) is 10.0 Å². The van der Waals surface area contributed by atoms with Gasteiger partial charge >= 0.3 is 0 Å². The van der Waals surface area contributed by atoms with Gasteiger partial charge in [-0.25, -0.2) is 13.6 Å². The molecule has 0 aliphatic heterocycles. The van der Waals surface area contributed by atoms with E-state index in [1.54, 1.807) is 0 Å². The van der Waals surface area contributed by atoms with Crippen LogP contribution in [-0.4, -0.2) is 53.0 Å². The average molecular weight is 408 g/mol. The van der Waals surface area contributed by atoms with Crippen LogP contribution in [0.3, 0.4) is 0 Å². The molecule has 7 nitrogen and oxygen atoms in total. The molecule has 0 aliphatic carbocycles. The van der Waals surface area contributed by atoms with Crippen molar-refractivity contribution in [1.82, 2.24) is 10.6 Å². The van der Waals surface area contributed by atoms with E-state index < -0.39 is 10.0 Å². The van der Waals surface area contributed by atoms with Crippen molar-refractivity contribution in [2.24, 2.45) is 10.1 Å². The van der Waals surface area contributed by atoms with Crippen LogP contribution in [0.1, 0.15) is 20.3 Å². The van der Waals surface area contributed by atoms with E-state index in [0.717, 1.165) is 6.42 Å². The highest BCUT2D eigenvalue weighted by molar-refractivity contribution is 14.0. The average Bonchev–Trinajstić information content (AvgIpc) is 2.27. The smallest absolute Gasteiger partial charge is 0.210 e. The second-order valence-electron chi connectivity index (χ2n) is 3.60. The van der Waals surface area contributed by atoms with Gasteiger partial charge in [0.25, 0.3) is 0 Å². The Kier molecular flexibility index (Phi) is 14.4. The van der Waals surface area contributed by atoms with Gasteiger partial charge in [0.15, 0.2) is 5.96 Å². The van der Waals surface area contributed by atoms with E-state index in [4.69, 9.17) is 9.88 Å². The molecule has 0 saturated heterocycles. The van der Waals surface area contributed by atoms with E-state index in [-0.39, 0.29) is 36.3 Å². The maximum atomic E-state index is 10.8. The van der Waals surface area contributed by atoms with Crippen LogP contribution >= 0.6 is 24.0 Å². The minimum atomic E-state index is -3.43.